The van der Waals surface area contributed by atoms with E-state index in [2.05, 4.69) is 25.9 Å². The highest BCUT2D eigenvalue weighted by Gasteiger charge is 2.12. The Balaban J connectivity index is 2.14. The average molecular weight is 314 g/mol. The fourth-order valence-corrected chi connectivity index (χ4v) is 3.02. The van der Waals surface area contributed by atoms with Crippen LogP contribution in [0.5, 0.6) is 5.88 Å². The number of nitrogens with zero attached hydrogens (tertiary/aromatic N) is 2. The zero-order valence-electron chi connectivity index (χ0n) is 9.26. The molecule has 0 spiro atoms. The molecule has 17 heavy (non-hydrogen) atoms. The molecule has 0 amide bonds. The van der Waals surface area contributed by atoms with Gasteiger partial charge in [0, 0.05) is 21.8 Å². The number of ether oxygens (including phenoxy) is 1. The number of thiophene rings is 1. The van der Waals surface area contributed by atoms with Gasteiger partial charge in [-0.2, -0.15) is 0 Å². The van der Waals surface area contributed by atoms with Crippen LogP contribution in [0.2, 0.25) is 0 Å². The first-order chi connectivity index (χ1) is 8.20. The van der Waals surface area contributed by atoms with Crippen molar-refractivity contribution in [2.45, 2.75) is 12.5 Å². The molecule has 1 unspecified atom stereocenters. The minimum Gasteiger partial charge on any atom is -0.481 e. The Morgan fingerprint density at radius 1 is 1.53 bits per heavy atom. The zero-order valence-corrected chi connectivity index (χ0v) is 11.7. The van der Waals surface area contributed by atoms with E-state index in [0.29, 0.717) is 5.88 Å². The summed E-state index contributed by atoms with van der Waals surface area (Å²) in [6, 6.07) is 3.64. The third-order valence-corrected chi connectivity index (χ3v) is 4.30. The maximum absolute atomic E-state index is 6.12. The van der Waals surface area contributed by atoms with Crippen molar-refractivity contribution >= 4 is 27.3 Å². The Labute approximate surface area is 112 Å². The molecule has 0 aliphatic rings. The van der Waals surface area contributed by atoms with E-state index in [-0.39, 0.29) is 6.04 Å². The first-order valence-electron chi connectivity index (χ1n) is 5.04. The molecular formula is C11H12BrN3OS. The molecule has 0 radical (unpaired) electrons. The number of aromatic nitrogens is 2. The quantitative estimate of drug-likeness (QED) is 0.942. The van der Waals surface area contributed by atoms with Gasteiger partial charge in [0.15, 0.2) is 0 Å². The predicted molar refractivity (Wildman–Crippen MR) is 71.2 cm³/mol. The summed E-state index contributed by atoms with van der Waals surface area (Å²) in [6.45, 7) is 0. The van der Waals surface area contributed by atoms with Gasteiger partial charge in [-0.3, -0.25) is 0 Å². The summed E-state index contributed by atoms with van der Waals surface area (Å²) in [5.41, 5.74) is 6.91. The molecule has 6 heteroatoms. The van der Waals surface area contributed by atoms with E-state index in [1.807, 2.05) is 11.4 Å². The number of nitrogens with two attached hydrogens (primary N) is 1. The molecule has 2 aromatic heterocycles. The van der Waals surface area contributed by atoms with E-state index >= 15 is 0 Å². The third kappa shape index (κ3) is 3.02. The van der Waals surface area contributed by atoms with Crippen LogP contribution in [0.3, 0.4) is 0 Å². The van der Waals surface area contributed by atoms with Gasteiger partial charge in [0.25, 0.3) is 0 Å². The van der Waals surface area contributed by atoms with Crippen LogP contribution >= 0.6 is 27.3 Å². The van der Waals surface area contributed by atoms with Crippen LogP contribution < -0.4 is 10.5 Å². The van der Waals surface area contributed by atoms with Crippen molar-refractivity contribution in [3.63, 3.8) is 0 Å². The Bertz CT molecular complexity index is 503. The molecule has 2 N–H and O–H groups in total. The summed E-state index contributed by atoms with van der Waals surface area (Å²) in [7, 11) is 1.58. The van der Waals surface area contributed by atoms with Crippen LogP contribution in [-0.4, -0.2) is 17.1 Å². The molecule has 0 aliphatic heterocycles. The van der Waals surface area contributed by atoms with Crippen LogP contribution in [0.1, 0.15) is 16.6 Å². The SMILES string of the molecule is COc1cc(C(N)Cc2sccc2Br)ncn1. The van der Waals surface area contributed by atoms with Crippen molar-refractivity contribution < 1.29 is 4.74 Å². The minimum absolute atomic E-state index is 0.151. The van der Waals surface area contributed by atoms with Crippen LogP contribution in [0.4, 0.5) is 0 Å². The molecule has 0 saturated heterocycles. The maximum Gasteiger partial charge on any atom is 0.216 e. The smallest absolute Gasteiger partial charge is 0.216 e. The lowest BCUT2D eigenvalue weighted by Gasteiger charge is -2.10. The van der Waals surface area contributed by atoms with Gasteiger partial charge in [0.1, 0.15) is 6.33 Å². The first kappa shape index (κ1) is 12.5. The van der Waals surface area contributed by atoms with Crippen molar-refractivity contribution in [3.8, 4) is 5.88 Å². The Morgan fingerprint density at radius 3 is 3.00 bits per heavy atom. The molecule has 0 aliphatic carbocycles. The first-order valence-corrected chi connectivity index (χ1v) is 6.71. The lowest BCUT2D eigenvalue weighted by Crippen LogP contribution is -2.14. The highest BCUT2D eigenvalue weighted by atomic mass is 79.9. The molecule has 2 rings (SSSR count). The fraction of sp³-hybridized carbons (Fsp3) is 0.273. The molecule has 0 bridgehead atoms. The van der Waals surface area contributed by atoms with Gasteiger partial charge in [-0.1, -0.05) is 0 Å². The number of hydrogen-bond acceptors (Lipinski definition) is 5. The van der Waals surface area contributed by atoms with Crippen molar-refractivity contribution in [2.75, 3.05) is 7.11 Å². The second kappa shape index (κ2) is 5.57. The summed E-state index contributed by atoms with van der Waals surface area (Å²) in [4.78, 5) is 9.35. The summed E-state index contributed by atoms with van der Waals surface area (Å²) in [5, 5.41) is 2.03. The van der Waals surface area contributed by atoms with Gasteiger partial charge in [-0.15, -0.1) is 11.3 Å². The van der Waals surface area contributed by atoms with E-state index in [1.54, 1.807) is 24.5 Å². The number of methoxy groups -OCH3 is 1. The minimum atomic E-state index is -0.151. The van der Waals surface area contributed by atoms with E-state index in [1.165, 1.54) is 11.2 Å². The van der Waals surface area contributed by atoms with Gasteiger partial charge in [0.05, 0.1) is 18.8 Å². The van der Waals surface area contributed by atoms with Gasteiger partial charge < -0.3 is 10.5 Å². The average Bonchev–Trinajstić information content (AvgIpc) is 2.75. The third-order valence-electron chi connectivity index (χ3n) is 2.35. The molecular weight excluding hydrogens is 302 g/mol. The highest BCUT2D eigenvalue weighted by Crippen LogP contribution is 2.27. The van der Waals surface area contributed by atoms with Crippen molar-refractivity contribution in [3.05, 3.63) is 38.9 Å². The lowest BCUT2D eigenvalue weighted by molar-refractivity contribution is 0.395. The van der Waals surface area contributed by atoms with Gasteiger partial charge in [-0.25, -0.2) is 9.97 Å². The van der Waals surface area contributed by atoms with Crippen LogP contribution in [0, 0.1) is 0 Å². The normalized spacial score (nSPS) is 12.4. The van der Waals surface area contributed by atoms with E-state index < -0.39 is 0 Å². The topological polar surface area (TPSA) is 61.0 Å². The molecule has 2 aromatic rings. The number of hydrogen-bond donors (Lipinski definition) is 1. The highest BCUT2D eigenvalue weighted by molar-refractivity contribution is 9.10. The maximum atomic E-state index is 6.12. The Kier molecular flexibility index (Phi) is 4.09. The van der Waals surface area contributed by atoms with Gasteiger partial charge >= 0.3 is 0 Å². The van der Waals surface area contributed by atoms with Crippen LogP contribution in [0.15, 0.2) is 28.3 Å². The van der Waals surface area contributed by atoms with E-state index in [4.69, 9.17) is 10.5 Å². The van der Waals surface area contributed by atoms with E-state index in [9.17, 15) is 0 Å². The molecule has 0 aromatic carbocycles. The van der Waals surface area contributed by atoms with Crippen LogP contribution in [-0.2, 0) is 6.42 Å². The molecule has 4 nitrogen and oxygen atoms in total. The van der Waals surface area contributed by atoms with E-state index in [0.717, 1.165) is 16.6 Å². The lowest BCUT2D eigenvalue weighted by atomic mass is 10.1. The van der Waals surface area contributed by atoms with Crippen molar-refractivity contribution in [1.29, 1.82) is 0 Å². The van der Waals surface area contributed by atoms with Crippen LogP contribution in [0.25, 0.3) is 0 Å². The zero-order chi connectivity index (χ0) is 12.3. The van der Waals surface area contributed by atoms with Gasteiger partial charge in [-0.05, 0) is 27.4 Å². The second-order valence-electron chi connectivity index (χ2n) is 3.49. The van der Waals surface area contributed by atoms with Crippen molar-refractivity contribution in [2.24, 2.45) is 5.73 Å². The number of halogens is 1. The van der Waals surface area contributed by atoms with Gasteiger partial charge in [0.2, 0.25) is 5.88 Å². The Morgan fingerprint density at radius 2 is 2.35 bits per heavy atom. The van der Waals surface area contributed by atoms with Crippen molar-refractivity contribution in [1.82, 2.24) is 9.97 Å². The number of rotatable bonds is 4. The molecule has 2 heterocycles. The fourth-order valence-electron chi connectivity index (χ4n) is 1.44. The predicted octanol–water partition coefficient (Wildman–Crippen LogP) is 2.55. The molecule has 90 valence electrons. The summed E-state index contributed by atoms with van der Waals surface area (Å²) < 4.78 is 6.15. The summed E-state index contributed by atoms with van der Waals surface area (Å²) in [6.07, 6.45) is 2.22. The molecule has 0 saturated carbocycles. The standard InChI is InChI=1S/C11H12BrN3OS/c1-16-11-5-9(14-6-15-11)8(13)4-10-7(12)2-3-17-10/h2-3,5-6,8H,4,13H2,1H3. The second-order valence-corrected chi connectivity index (χ2v) is 5.34. The monoisotopic (exact) mass is 313 g/mol. The Hall–Kier alpha value is -0.980. The molecule has 0 fully saturated rings. The summed E-state index contributed by atoms with van der Waals surface area (Å²) in [5.74, 6) is 0.538. The summed E-state index contributed by atoms with van der Waals surface area (Å²) >= 11 is 5.17. The largest absolute Gasteiger partial charge is 0.481 e. The molecule has 1 atom stereocenters.